The number of pyridine rings is 1. The number of benzene rings is 2. The Balaban J connectivity index is 1.61. The minimum absolute atomic E-state index is 0.232. The zero-order valence-electron chi connectivity index (χ0n) is 13.9. The van der Waals surface area contributed by atoms with Crippen molar-refractivity contribution in [2.75, 3.05) is 5.32 Å². The number of halogens is 1. The van der Waals surface area contributed by atoms with Gasteiger partial charge in [-0.2, -0.15) is 0 Å². The molecule has 2 aromatic carbocycles. The Morgan fingerprint density at radius 2 is 1.88 bits per heavy atom. The molecule has 0 aliphatic rings. The molecule has 0 unspecified atom stereocenters. The van der Waals surface area contributed by atoms with Crippen LogP contribution in [0.1, 0.15) is 15.9 Å². The molecule has 0 bridgehead atoms. The Hall–Kier alpha value is -3.18. The molecule has 5 nitrogen and oxygen atoms in total. The van der Waals surface area contributed by atoms with Crippen LogP contribution in [0.4, 0.5) is 5.69 Å². The van der Waals surface area contributed by atoms with E-state index in [1.165, 1.54) is 0 Å². The van der Waals surface area contributed by atoms with Gasteiger partial charge < -0.3 is 9.73 Å². The summed E-state index contributed by atoms with van der Waals surface area (Å²) in [6.45, 7) is 1.89. The first-order chi connectivity index (χ1) is 12.6. The van der Waals surface area contributed by atoms with E-state index in [4.69, 9.17) is 16.0 Å². The molecule has 2 aromatic heterocycles. The summed E-state index contributed by atoms with van der Waals surface area (Å²) < 4.78 is 5.76. The van der Waals surface area contributed by atoms with Crippen LogP contribution in [0.2, 0.25) is 5.02 Å². The number of carbonyl (C=O) groups excluding carboxylic acids is 1. The fourth-order valence-electron chi connectivity index (χ4n) is 2.56. The molecule has 0 aliphatic heterocycles. The van der Waals surface area contributed by atoms with Crippen LogP contribution in [-0.4, -0.2) is 15.9 Å². The summed E-state index contributed by atoms with van der Waals surface area (Å²) in [6, 6.07) is 14.2. The standard InChI is InChI=1S/C20H14ClN3O2/c1-12-2-3-14(10-16(12)21)19(25)23-15-4-5-18-17(11-15)24-20(26-18)13-6-8-22-9-7-13/h2-11H,1H3,(H,23,25). The van der Waals surface area contributed by atoms with Crippen LogP contribution in [0, 0.1) is 6.92 Å². The first kappa shape index (κ1) is 16.3. The number of aromatic nitrogens is 2. The molecular weight excluding hydrogens is 350 g/mol. The number of anilines is 1. The zero-order chi connectivity index (χ0) is 18.1. The number of aryl methyl sites for hydroxylation is 1. The second kappa shape index (κ2) is 6.61. The van der Waals surface area contributed by atoms with E-state index in [1.807, 2.05) is 25.1 Å². The lowest BCUT2D eigenvalue weighted by Gasteiger charge is -2.06. The Morgan fingerprint density at radius 1 is 1.08 bits per heavy atom. The van der Waals surface area contributed by atoms with Crippen LogP contribution in [0.3, 0.4) is 0 Å². The van der Waals surface area contributed by atoms with Crippen LogP contribution in [0.15, 0.2) is 65.3 Å². The molecule has 0 saturated heterocycles. The van der Waals surface area contributed by atoms with Gasteiger partial charge in [0, 0.05) is 34.2 Å². The van der Waals surface area contributed by atoms with E-state index in [0.29, 0.717) is 33.3 Å². The third-order valence-electron chi connectivity index (χ3n) is 4.01. The van der Waals surface area contributed by atoms with Crippen LogP contribution in [-0.2, 0) is 0 Å². The number of amides is 1. The minimum Gasteiger partial charge on any atom is -0.436 e. The summed E-state index contributed by atoms with van der Waals surface area (Å²) in [7, 11) is 0. The number of fused-ring (bicyclic) bond motifs is 1. The predicted molar refractivity (Wildman–Crippen MR) is 101 cm³/mol. The molecule has 0 aliphatic carbocycles. The molecule has 6 heteroatoms. The largest absolute Gasteiger partial charge is 0.436 e. The molecule has 4 aromatic rings. The highest BCUT2D eigenvalue weighted by molar-refractivity contribution is 6.31. The van der Waals surface area contributed by atoms with E-state index in [-0.39, 0.29) is 5.91 Å². The Morgan fingerprint density at radius 3 is 2.65 bits per heavy atom. The van der Waals surface area contributed by atoms with Crippen LogP contribution in [0.5, 0.6) is 0 Å². The highest BCUT2D eigenvalue weighted by Crippen LogP contribution is 2.26. The highest BCUT2D eigenvalue weighted by atomic mass is 35.5. The number of hydrogen-bond acceptors (Lipinski definition) is 4. The van der Waals surface area contributed by atoms with E-state index in [9.17, 15) is 4.79 Å². The quantitative estimate of drug-likeness (QED) is 0.549. The van der Waals surface area contributed by atoms with Gasteiger partial charge in [-0.1, -0.05) is 17.7 Å². The van der Waals surface area contributed by atoms with Gasteiger partial charge in [-0.15, -0.1) is 0 Å². The first-order valence-electron chi connectivity index (χ1n) is 7.99. The lowest BCUT2D eigenvalue weighted by atomic mass is 10.1. The van der Waals surface area contributed by atoms with Gasteiger partial charge in [0.05, 0.1) is 0 Å². The molecule has 0 saturated carbocycles. The maximum absolute atomic E-state index is 12.4. The van der Waals surface area contributed by atoms with Gasteiger partial charge in [0.25, 0.3) is 5.91 Å². The van der Waals surface area contributed by atoms with E-state index in [2.05, 4.69) is 15.3 Å². The SMILES string of the molecule is Cc1ccc(C(=O)Nc2ccc3oc(-c4ccncc4)nc3c2)cc1Cl. The third kappa shape index (κ3) is 3.17. The molecule has 4 rings (SSSR count). The van der Waals surface area contributed by atoms with Crippen LogP contribution in [0.25, 0.3) is 22.6 Å². The van der Waals surface area contributed by atoms with Crippen molar-refractivity contribution in [2.24, 2.45) is 0 Å². The van der Waals surface area contributed by atoms with Crippen molar-refractivity contribution in [1.29, 1.82) is 0 Å². The van der Waals surface area contributed by atoms with Crippen molar-refractivity contribution in [3.05, 3.63) is 77.1 Å². The average Bonchev–Trinajstić information content (AvgIpc) is 3.08. The average molecular weight is 364 g/mol. The molecule has 0 spiro atoms. The fourth-order valence-corrected chi connectivity index (χ4v) is 2.74. The second-order valence-electron chi connectivity index (χ2n) is 5.86. The summed E-state index contributed by atoms with van der Waals surface area (Å²) in [4.78, 5) is 20.9. The molecule has 0 radical (unpaired) electrons. The fraction of sp³-hybridized carbons (Fsp3) is 0.0500. The van der Waals surface area contributed by atoms with Gasteiger partial charge in [-0.3, -0.25) is 9.78 Å². The van der Waals surface area contributed by atoms with Gasteiger partial charge in [-0.25, -0.2) is 4.98 Å². The highest BCUT2D eigenvalue weighted by Gasteiger charge is 2.11. The predicted octanol–water partition coefficient (Wildman–Crippen LogP) is 5.10. The van der Waals surface area contributed by atoms with Crippen molar-refractivity contribution in [2.45, 2.75) is 6.92 Å². The maximum Gasteiger partial charge on any atom is 0.255 e. The number of nitrogens with one attached hydrogen (secondary N) is 1. The Labute approximate surface area is 154 Å². The monoisotopic (exact) mass is 363 g/mol. The molecule has 26 heavy (non-hydrogen) atoms. The Kier molecular flexibility index (Phi) is 4.14. The minimum atomic E-state index is -0.232. The number of rotatable bonds is 3. The van der Waals surface area contributed by atoms with Crippen molar-refractivity contribution in [3.63, 3.8) is 0 Å². The molecule has 0 fully saturated rings. The van der Waals surface area contributed by atoms with Crippen molar-refractivity contribution in [1.82, 2.24) is 9.97 Å². The lowest BCUT2D eigenvalue weighted by molar-refractivity contribution is 0.102. The van der Waals surface area contributed by atoms with E-state index in [1.54, 1.807) is 42.7 Å². The first-order valence-corrected chi connectivity index (χ1v) is 8.36. The van der Waals surface area contributed by atoms with Crippen molar-refractivity contribution in [3.8, 4) is 11.5 Å². The summed E-state index contributed by atoms with van der Waals surface area (Å²) in [5.74, 6) is 0.278. The maximum atomic E-state index is 12.4. The summed E-state index contributed by atoms with van der Waals surface area (Å²) in [5, 5.41) is 3.42. The zero-order valence-corrected chi connectivity index (χ0v) is 14.6. The molecule has 2 heterocycles. The number of carbonyl (C=O) groups is 1. The normalized spacial score (nSPS) is 10.8. The smallest absolute Gasteiger partial charge is 0.255 e. The van der Waals surface area contributed by atoms with E-state index >= 15 is 0 Å². The second-order valence-corrected chi connectivity index (χ2v) is 6.26. The van der Waals surface area contributed by atoms with Gasteiger partial charge in [0.15, 0.2) is 5.58 Å². The number of hydrogen-bond donors (Lipinski definition) is 1. The summed E-state index contributed by atoms with van der Waals surface area (Å²) in [6.07, 6.45) is 3.37. The van der Waals surface area contributed by atoms with Gasteiger partial charge in [-0.05, 0) is 55.0 Å². The molecule has 1 amide bonds. The van der Waals surface area contributed by atoms with Gasteiger partial charge >= 0.3 is 0 Å². The lowest BCUT2D eigenvalue weighted by Crippen LogP contribution is -2.11. The number of oxazole rings is 1. The van der Waals surface area contributed by atoms with E-state index < -0.39 is 0 Å². The summed E-state index contributed by atoms with van der Waals surface area (Å²) in [5.41, 5.74) is 4.21. The van der Waals surface area contributed by atoms with Gasteiger partial charge in [0.1, 0.15) is 5.52 Å². The van der Waals surface area contributed by atoms with Crippen LogP contribution >= 0.6 is 11.6 Å². The molecule has 1 N–H and O–H groups in total. The van der Waals surface area contributed by atoms with E-state index in [0.717, 1.165) is 11.1 Å². The molecule has 128 valence electrons. The van der Waals surface area contributed by atoms with Gasteiger partial charge in [0.2, 0.25) is 5.89 Å². The third-order valence-corrected chi connectivity index (χ3v) is 4.41. The van der Waals surface area contributed by atoms with Crippen molar-refractivity contribution >= 4 is 34.3 Å². The van der Waals surface area contributed by atoms with Crippen molar-refractivity contribution < 1.29 is 9.21 Å². The topological polar surface area (TPSA) is 68.0 Å². The van der Waals surface area contributed by atoms with Crippen LogP contribution < -0.4 is 5.32 Å². The number of nitrogens with zero attached hydrogens (tertiary/aromatic N) is 2. The molecule has 0 atom stereocenters. The Bertz CT molecular complexity index is 1110. The molecular formula is C20H14ClN3O2. The summed E-state index contributed by atoms with van der Waals surface area (Å²) >= 11 is 6.09.